The van der Waals surface area contributed by atoms with Crippen LogP contribution in [0.2, 0.25) is 5.02 Å². The molecular formula is C24H33ClN6O. The highest BCUT2D eigenvalue weighted by Gasteiger charge is 2.31. The molecular weight excluding hydrogens is 424 g/mol. The lowest BCUT2D eigenvalue weighted by Gasteiger charge is -2.42. The van der Waals surface area contributed by atoms with Crippen LogP contribution in [-0.2, 0) is 17.8 Å². The van der Waals surface area contributed by atoms with Gasteiger partial charge in [0.25, 0.3) is 0 Å². The van der Waals surface area contributed by atoms with Gasteiger partial charge < -0.3 is 21.7 Å². The van der Waals surface area contributed by atoms with Gasteiger partial charge in [-0.3, -0.25) is 15.1 Å². The van der Waals surface area contributed by atoms with E-state index in [0.717, 1.165) is 31.5 Å². The molecule has 0 radical (unpaired) electrons. The van der Waals surface area contributed by atoms with Crippen LogP contribution in [-0.4, -0.2) is 59.9 Å². The standard InChI is InChI=1S/C24H33ClN6O/c25-20-10-8-18(9-11-20)15-22(26)23(32)31-14-13-30(16-19-5-2-1-3-6-19)21(17-31)7-4-12-29-24(27)28/h1-3,5-6,8-11,21-22H,4,7,12-17,26H2,(H4,27,28,29)/t21-,22+/m0/s1. The molecule has 0 aliphatic carbocycles. The summed E-state index contributed by atoms with van der Waals surface area (Å²) in [4.78, 5) is 17.4. The van der Waals surface area contributed by atoms with E-state index in [1.165, 1.54) is 5.56 Å². The normalized spacial score (nSPS) is 17.7. The lowest BCUT2D eigenvalue weighted by atomic mass is 10.0. The highest BCUT2D eigenvalue weighted by molar-refractivity contribution is 6.30. The van der Waals surface area contributed by atoms with Crippen LogP contribution in [0.15, 0.2) is 54.6 Å². The van der Waals surface area contributed by atoms with Gasteiger partial charge in [-0.25, -0.2) is 0 Å². The smallest absolute Gasteiger partial charge is 0.239 e. The highest BCUT2D eigenvalue weighted by atomic mass is 35.5. The molecule has 1 amide bonds. The number of nitrogens with one attached hydrogen (secondary N) is 2. The minimum Gasteiger partial charge on any atom is -0.370 e. The number of rotatable bonds is 9. The molecule has 0 unspecified atom stereocenters. The van der Waals surface area contributed by atoms with Gasteiger partial charge in [-0.2, -0.15) is 0 Å². The third-order valence-electron chi connectivity index (χ3n) is 5.86. The van der Waals surface area contributed by atoms with Gasteiger partial charge in [0.2, 0.25) is 5.91 Å². The van der Waals surface area contributed by atoms with Crippen LogP contribution in [0.25, 0.3) is 0 Å². The fourth-order valence-corrected chi connectivity index (χ4v) is 4.28. The Morgan fingerprint density at radius 1 is 1.12 bits per heavy atom. The molecule has 2 aromatic carbocycles. The Morgan fingerprint density at radius 2 is 1.84 bits per heavy atom. The first kappa shape index (κ1) is 24.0. The van der Waals surface area contributed by atoms with Gasteiger partial charge in [0.15, 0.2) is 5.96 Å². The zero-order chi connectivity index (χ0) is 22.9. The molecule has 6 N–H and O–H groups in total. The molecule has 8 heteroatoms. The predicted octanol–water partition coefficient (Wildman–Crippen LogP) is 2.19. The first-order chi connectivity index (χ1) is 15.4. The van der Waals surface area contributed by atoms with E-state index in [-0.39, 0.29) is 17.9 Å². The predicted molar refractivity (Wildman–Crippen MR) is 130 cm³/mol. The quantitative estimate of drug-likeness (QED) is 0.262. The Morgan fingerprint density at radius 3 is 2.53 bits per heavy atom. The van der Waals surface area contributed by atoms with E-state index < -0.39 is 6.04 Å². The number of piperazine rings is 1. The minimum atomic E-state index is -0.572. The van der Waals surface area contributed by atoms with Gasteiger partial charge in [-0.15, -0.1) is 0 Å². The molecule has 1 heterocycles. The summed E-state index contributed by atoms with van der Waals surface area (Å²) in [6, 6.07) is 17.5. The van der Waals surface area contributed by atoms with Gasteiger partial charge in [0.1, 0.15) is 0 Å². The molecule has 172 valence electrons. The number of nitrogens with zero attached hydrogens (tertiary/aromatic N) is 2. The van der Waals surface area contributed by atoms with E-state index in [9.17, 15) is 4.79 Å². The molecule has 2 atom stereocenters. The van der Waals surface area contributed by atoms with Gasteiger partial charge >= 0.3 is 0 Å². The van der Waals surface area contributed by atoms with Crippen LogP contribution >= 0.6 is 11.6 Å². The Labute approximate surface area is 195 Å². The second-order valence-corrected chi connectivity index (χ2v) is 8.75. The molecule has 0 aromatic heterocycles. The zero-order valence-electron chi connectivity index (χ0n) is 18.3. The Balaban J connectivity index is 1.61. The van der Waals surface area contributed by atoms with Crippen LogP contribution in [0.1, 0.15) is 24.0 Å². The topological polar surface area (TPSA) is 111 Å². The van der Waals surface area contributed by atoms with Crippen LogP contribution in [0.4, 0.5) is 0 Å². The van der Waals surface area contributed by atoms with Gasteiger partial charge in [-0.1, -0.05) is 54.1 Å². The third kappa shape index (κ3) is 7.22. The van der Waals surface area contributed by atoms with Crippen molar-refractivity contribution < 1.29 is 4.79 Å². The van der Waals surface area contributed by atoms with Crippen molar-refractivity contribution in [3.63, 3.8) is 0 Å². The first-order valence-corrected chi connectivity index (χ1v) is 11.4. The summed E-state index contributed by atoms with van der Waals surface area (Å²) in [6.45, 7) is 3.63. The van der Waals surface area contributed by atoms with E-state index in [4.69, 9.17) is 28.5 Å². The number of carbonyl (C=O) groups is 1. The second-order valence-electron chi connectivity index (χ2n) is 8.31. The number of halogens is 1. The number of guanidine groups is 1. The molecule has 7 nitrogen and oxygen atoms in total. The van der Waals surface area contributed by atoms with Crippen molar-refractivity contribution in [2.45, 2.75) is 37.9 Å². The van der Waals surface area contributed by atoms with E-state index in [1.807, 2.05) is 35.2 Å². The summed E-state index contributed by atoms with van der Waals surface area (Å²) in [7, 11) is 0. The van der Waals surface area contributed by atoms with Crippen molar-refractivity contribution in [3.8, 4) is 0 Å². The average molecular weight is 457 g/mol. The number of carbonyl (C=O) groups excluding carboxylic acids is 1. The molecule has 32 heavy (non-hydrogen) atoms. The van der Waals surface area contributed by atoms with Crippen LogP contribution in [0, 0.1) is 5.41 Å². The van der Waals surface area contributed by atoms with E-state index in [1.54, 1.807) is 0 Å². The summed E-state index contributed by atoms with van der Waals surface area (Å²) in [5, 5.41) is 10.9. The maximum atomic E-state index is 13.1. The molecule has 1 saturated heterocycles. The van der Waals surface area contributed by atoms with Gasteiger partial charge in [0, 0.05) is 43.8 Å². The minimum absolute atomic E-state index is 0.00817. The molecule has 1 fully saturated rings. The van der Waals surface area contributed by atoms with Gasteiger partial charge in [-0.05, 0) is 42.5 Å². The fourth-order valence-electron chi connectivity index (χ4n) is 4.15. The Hall–Kier alpha value is -2.61. The Kier molecular flexibility index (Phi) is 8.90. The summed E-state index contributed by atoms with van der Waals surface area (Å²) in [6.07, 6.45) is 2.27. The van der Waals surface area contributed by atoms with E-state index in [0.29, 0.717) is 31.1 Å². The SMILES string of the molecule is N=C(N)NCCC[C@H]1CN(C(=O)[C@H](N)Cc2ccc(Cl)cc2)CCN1Cc1ccccc1. The molecule has 0 bridgehead atoms. The third-order valence-corrected chi connectivity index (χ3v) is 6.11. The average Bonchev–Trinajstić information content (AvgIpc) is 2.79. The molecule has 0 saturated carbocycles. The maximum Gasteiger partial charge on any atom is 0.239 e. The summed E-state index contributed by atoms with van der Waals surface area (Å²) in [5.41, 5.74) is 14.0. The number of benzene rings is 2. The zero-order valence-corrected chi connectivity index (χ0v) is 19.1. The number of hydrogen-bond acceptors (Lipinski definition) is 4. The number of nitrogens with two attached hydrogens (primary N) is 2. The number of hydrogen-bond donors (Lipinski definition) is 4. The monoisotopic (exact) mass is 456 g/mol. The summed E-state index contributed by atoms with van der Waals surface area (Å²) in [5.74, 6) is -0.0223. The van der Waals surface area contributed by atoms with E-state index >= 15 is 0 Å². The lowest BCUT2D eigenvalue weighted by molar-refractivity contribution is -0.135. The van der Waals surface area contributed by atoms with Crippen LogP contribution in [0.5, 0.6) is 0 Å². The van der Waals surface area contributed by atoms with Crippen molar-refractivity contribution >= 4 is 23.5 Å². The summed E-state index contributed by atoms with van der Waals surface area (Å²) >= 11 is 5.96. The molecule has 2 aromatic rings. The van der Waals surface area contributed by atoms with Crippen LogP contribution in [0.3, 0.4) is 0 Å². The lowest BCUT2D eigenvalue weighted by Crippen LogP contribution is -2.57. The fraction of sp³-hybridized carbons (Fsp3) is 0.417. The maximum absolute atomic E-state index is 13.1. The molecule has 1 aliphatic heterocycles. The number of amides is 1. The molecule has 1 aliphatic rings. The first-order valence-electron chi connectivity index (χ1n) is 11.1. The van der Waals surface area contributed by atoms with Gasteiger partial charge in [0.05, 0.1) is 6.04 Å². The van der Waals surface area contributed by atoms with E-state index in [2.05, 4.69) is 34.5 Å². The largest absolute Gasteiger partial charge is 0.370 e. The van der Waals surface area contributed by atoms with Crippen molar-refractivity contribution in [2.24, 2.45) is 11.5 Å². The van der Waals surface area contributed by atoms with Crippen molar-refractivity contribution in [2.75, 3.05) is 26.2 Å². The summed E-state index contributed by atoms with van der Waals surface area (Å²) < 4.78 is 0. The van der Waals surface area contributed by atoms with Crippen molar-refractivity contribution in [3.05, 3.63) is 70.7 Å². The molecule has 0 spiro atoms. The Bertz CT molecular complexity index is 876. The van der Waals surface area contributed by atoms with Crippen LogP contribution < -0.4 is 16.8 Å². The van der Waals surface area contributed by atoms with Crippen molar-refractivity contribution in [1.29, 1.82) is 5.41 Å². The highest BCUT2D eigenvalue weighted by Crippen LogP contribution is 2.19. The van der Waals surface area contributed by atoms with Crippen molar-refractivity contribution in [1.82, 2.24) is 15.1 Å². The molecule has 3 rings (SSSR count). The second kappa shape index (κ2) is 11.9.